The van der Waals surface area contributed by atoms with E-state index in [2.05, 4.69) is 5.32 Å². The molecule has 1 aromatic carbocycles. The molecule has 1 aromatic rings. The summed E-state index contributed by atoms with van der Waals surface area (Å²) in [5.74, 6) is 0.992. The molecule has 2 aliphatic heterocycles. The van der Waals surface area contributed by atoms with Gasteiger partial charge in [0.2, 0.25) is 0 Å². The Kier molecular flexibility index (Phi) is 3.58. The van der Waals surface area contributed by atoms with E-state index in [-0.39, 0.29) is 17.6 Å². The number of alkyl carbamates (subject to hydrolysis) is 1. The molecule has 0 spiro atoms. The number of hydrogen-bond donors (Lipinski definition) is 1. The zero-order valence-electron chi connectivity index (χ0n) is 14.8. The monoisotopic (exact) mass is 344 g/mol. The molecular weight excluding hydrogens is 320 g/mol. The van der Waals surface area contributed by atoms with Crippen molar-refractivity contribution >= 4 is 12.1 Å². The molecule has 2 saturated carbocycles. The minimum atomic E-state index is -0.498. The van der Waals surface area contributed by atoms with Crippen LogP contribution in [0.1, 0.15) is 37.6 Å². The Labute approximate surface area is 147 Å². The largest absolute Gasteiger partial charge is 0.444 e. The standard InChI is InChI=1S/C19H24N2O4/c1-18(2,3)24-17(23)20-19-13-9-10-21(11-14(19)15(13)19)25-16(22)12-7-5-4-6-8-12/h4-8,13-15H,9-11H2,1-3H3,(H,20,23)/t13-,14?,15-,19-/m1/s1. The van der Waals surface area contributed by atoms with Crippen LogP contribution in [0.25, 0.3) is 0 Å². The minimum Gasteiger partial charge on any atom is -0.444 e. The first kappa shape index (κ1) is 16.4. The van der Waals surface area contributed by atoms with E-state index in [9.17, 15) is 9.59 Å². The minimum absolute atomic E-state index is 0.129. The molecule has 4 fully saturated rings. The van der Waals surface area contributed by atoms with Gasteiger partial charge in [0.15, 0.2) is 0 Å². The maximum atomic E-state index is 12.2. The lowest BCUT2D eigenvalue weighted by molar-refractivity contribution is -0.109. The van der Waals surface area contributed by atoms with Gasteiger partial charge in [-0.05, 0) is 51.2 Å². The lowest BCUT2D eigenvalue weighted by atomic mass is 10.0. The molecule has 2 heterocycles. The maximum absolute atomic E-state index is 12.2. The van der Waals surface area contributed by atoms with Crippen molar-refractivity contribution in [2.24, 2.45) is 17.8 Å². The Bertz CT molecular complexity index is 693. The van der Waals surface area contributed by atoms with Gasteiger partial charge in [0.1, 0.15) is 5.60 Å². The molecule has 1 amide bonds. The van der Waals surface area contributed by atoms with E-state index in [1.54, 1.807) is 17.2 Å². The molecule has 6 nitrogen and oxygen atoms in total. The molecular formula is C19H24N2O4. The van der Waals surface area contributed by atoms with E-state index in [4.69, 9.17) is 9.57 Å². The van der Waals surface area contributed by atoms with Crippen LogP contribution in [0.5, 0.6) is 0 Å². The van der Waals surface area contributed by atoms with Gasteiger partial charge in [-0.15, -0.1) is 5.06 Å². The van der Waals surface area contributed by atoms with Crippen molar-refractivity contribution in [2.45, 2.75) is 38.3 Å². The fraction of sp³-hybridized carbons (Fsp3) is 0.579. The summed E-state index contributed by atoms with van der Waals surface area (Å²) in [6.45, 7) is 6.95. The van der Waals surface area contributed by atoms with Gasteiger partial charge >= 0.3 is 12.1 Å². The van der Waals surface area contributed by atoms with E-state index in [1.165, 1.54) is 0 Å². The van der Waals surface area contributed by atoms with E-state index in [0.717, 1.165) is 6.42 Å². The van der Waals surface area contributed by atoms with Crippen LogP contribution in [0.4, 0.5) is 4.79 Å². The smallest absolute Gasteiger partial charge is 0.408 e. The molecule has 0 aromatic heterocycles. The van der Waals surface area contributed by atoms with Crippen molar-refractivity contribution in [3.05, 3.63) is 35.9 Å². The summed E-state index contributed by atoms with van der Waals surface area (Å²) in [6.07, 6.45) is 0.566. The molecule has 4 aliphatic rings. The number of ether oxygens (including phenoxy) is 1. The summed E-state index contributed by atoms with van der Waals surface area (Å²) in [4.78, 5) is 29.9. The zero-order chi connectivity index (χ0) is 17.8. The number of fused-ring (bicyclic) bond motifs is 3. The van der Waals surface area contributed by atoms with E-state index >= 15 is 0 Å². The Morgan fingerprint density at radius 1 is 1.20 bits per heavy atom. The molecule has 0 radical (unpaired) electrons. The highest BCUT2D eigenvalue weighted by Crippen LogP contribution is 2.78. The first-order valence-electron chi connectivity index (χ1n) is 8.85. The fourth-order valence-electron chi connectivity index (χ4n) is 4.31. The van der Waals surface area contributed by atoms with Crippen LogP contribution in [-0.2, 0) is 9.57 Å². The number of rotatable bonds is 3. The number of nitrogens with one attached hydrogen (secondary N) is 1. The van der Waals surface area contributed by atoms with Gasteiger partial charge in [-0.3, -0.25) is 0 Å². The van der Waals surface area contributed by atoms with E-state index < -0.39 is 5.60 Å². The molecule has 1 N–H and O–H groups in total. The molecule has 5 rings (SSSR count). The average molecular weight is 344 g/mol. The summed E-state index contributed by atoms with van der Waals surface area (Å²) >= 11 is 0. The quantitative estimate of drug-likeness (QED) is 0.913. The first-order valence-corrected chi connectivity index (χ1v) is 8.85. The van der Waals surface area contributed by atoms with Crippen molar-refractivity contribution in [3.8, 4) is 0 Å². The lowest BCUT2D eigenvalue weighted by Crippen LogP contribution is -2.41. The van der Waals surface area contributed by atoms with Gasteiger partial charge in [-0.25, -0.2) is 9.59 Å². The van der Waals surface area contributed by atoms with Crippen LogP contribution < -0.4 is 5.32 Å². The Hall–Kier alpha value is -2.08. The van der Waals surface area contributed by atoms with E-state index in [1.807, 2.05) is 39.0 Å². The Morgan fingerprint density at radius 3 is 2.60 bits per heavy atom. The molecule has 2 saturated heterocycles. The summed E-state index contributed by atoms with van der Waals surface area (Å²) in [6, 6.07) is 9.00. The van der Waals surface area contributed by atoms with Gasteiger partial charge in [-0.2, -0.15) is 0 Å². The van der Waals surface area contributed by atoms with Gasteiger partial charge in [0.05, 0.1) is 11.1 Å². The highest BCUT2D eigenvalue weighted by atomic mass is 16.7. The average Bonchev–Trinajstić information content (AvgIpc) is 3.37. The SMILES string of the molecule is CC(C)(C)OC(=O)N[C@@]12C3CN(OC(=O)c4ccccc4)CC[C@@H]1[C@H]32. The highest BCUT2D eigenvalue weighted by Gasteiger charge is 2.87. The highest BCUT2D eigenvalue weighted by molar-refractivity contribution is 5.89. The molecule has 2 bridgehead atoms. The normalized spacial score (nSPS) is 32.8. The predicted octanol–water partition coefficient (Wildman–Crippen LogP) is 2.60. The van der Waals surface area contributed by atoms with Crippen LogP contribution in [-0.4, -0.2) is 41.4 Å². The molecule has 134 valence electrons. The van der Waals surface area contributed by atoms with Crippen molar-refractivity contribution < 1.29 is 19.2 Å². The maximum Gasteiger partial charge on any atom is 0.408 e. The zero-order valence-corrected chi connectivity index (χ0v) is 14.8. The van der Waals surface area contributed by atoms with E-state index in [0.29, 0.717) is 36.4 Å². The lowest BCUT2D eigenvalue weighted by Gasteiger charge is -2.23. The third-order valence-corrected chi connectivity index (χ3v) is 5.46. The van der Waals surface area contributed by atoms with Crippen LogP contribution in [0.15, 0.2) is 30.3 Å². The van der Waals surface area contributed by atoms with Crippen LogP contribution in [0.3, 0.4) is 0 Å². The molecule has 25 heavy (non-hydrogen) atoms. The summed E-state index contributed by atoms with van der Waals surface area (Å²) in [5, 5.41) is 4.83. The number of hydroxylamine groups is 2. The van der Waals surface area contributed by atoms with Crippen LogP contribution in [0, 0.1) is 17.8 Å². The van der Waals surface area contributed by atoms with Crippen molar-refractivity contribution in [2.75, 3.05) is 13.1 Å². The third-order valence-electron chi connectivity index (χ3n) is 5.46. The van der Waals surface area contributed by atoms with Crippen molar-refractivity contribution in [1.29, 1.82) is 0 Å². The second-order valence-electron chi connectivity index (χ2n) is 8.22. The first-order chi connectivity index (χ1) is 11.8. The van der Waals surface area contributed by atoms with Crippen molar-refractivity contribution in [1.82, 2.24) is 10.4 Å². The topological polar surface area (TPSA) is 67.9 Å². The fourth-order valence-corrected chi connectivity index (χ4v) is 4.31. The summed E-state index contributed by atoms with van der Waals surface area (Å²) < 4.78 is 5.39. The summed E-state index contributed by atoms with van der Waals surface area (Å²) in [5.41, 5.74) is -0.0772. The van der Waals surface area contributed by atoms with Gasteiger partial charge in [-0.1, -0.05) is 18.2 Å². The third kappa shape index (κ3) is 2.88. The number of amides is 1. The molecule has 1 unspecified atom stereocenters. The Balaban J connectivity index is 1.34. The molecule has 6 heteroatoms. The number of carbonyl (C=O) groups is 2. The molecule has 2 aliphatic carbocycles. The van der Waals surface area contributed by atoms with Crippen LogP contribution in [0.2, 0.25) is 0 Å². The van der Waals surface area contributed by atoms with Gasteiger partial charge < -0.3 is 14.9 Å². The van der Waals surface area contributed by atoms with Crippen molar-refractivity contribution in [3.63, 3.8) is 0 Å². The second-order valence-corrected chi connectivity index (χ2v) is 8.22. The second kappa shape index (κ2) is 5.46. The Morgan fingerprint density at radius 2 is 1.92 bits per heavy atom. The van der Waals surface area contributed by atoms with Gasteiger partial charge in [0, 0.05) is 19.0 Å². The predicted molar refractivity (Wildman–Crippen MR) is 90.6 cm³/mol. The number of carbonyl (C=O) groups excluding carboxylic acids is 2. The summed E-state index contributed by atoms with van der Waals surface area (Å²) in [7, 11) is 0. The number of hydrogen-bond acceptors (Lipinski definition) is 5. The van der Waals surface area contributed by atoms with Crippen LogP contribution >= 0.6 is 0 Å². The number of nitrogens with zero attached hydrogens (tertiary/aromatic N) is 1. The molecule has 4 atom stereocenters. The van der Waals surface area contributed by atoms with Gasteiger partial charge in [0.25, 0.3) is 0 Å². The number of benzene rings is 1.